The smallest absolute Gasteiger partial charge is 0.252 e. The largest absolute Gasteiger partial charge is 0.348 e. The Kier molecular flexibility index (Phi) is 5.15. The van der Waals surface area contributed by atoms with Gasteiger partial charge in [-0.1, -0.05) is 30.3 Å². The fraction of sp³-hybridized carbons (Fsp3) is 0.133. The summed E-state index contributed by atoms with van der Waals surface area (Å²) >= 11 is 8.78. The van der Waals surface area contributed by atoms with E-state index in [2.05, 4.69) is 21.2 Å². The van der Waals surface area contributed by atoms with Crippen molar-refractivity contribution in [2.24, 2.45) is 0 Å². The molecule has 2 aromatic rings. The molecule has 0 aliphatic carbocycles. The van der Waals surface area contributed by atoms with E-state index in [1.807, 2.05) is 24.3 Å². The summed E-state index contributed by atoms with van der Waals surface area (Å²) < 4.78 is 13.5. The molecule has 0 saturated carbocycles. The number of benzene rings is 2. The maximum Gasteiger partial charge on any atom is 0.252 e. The molecule has 0 heterocycles. The molecule has 2 aromatic carbocycles. The highest BCUT2D eigenvalue weighted by Gasteiger charge is 2.12. The summed E-state index contributed by atoms with van der Waals surface area (Å²) in [5, 5.41) is 2.75. The number of halogens is 3. The van der Waals surface area contributed by atoms with Crippen molar-refractivity contribution in [3.63, 3.8) is 0 Å². The van der Waals surface area contributed by atoms with Gasteiger partial charge in [0.05, 0.1) is 10.0 Å². The van der Waals surface area contributed by atoms with Gasteiger partial charge in [0.15, 0.2) is 0 Å². The van der Waals surface area contributed by atoms with Gasteiger partial charge in [-0.05, 0) is 39.2 Å². The van der Waals surface area contributed by atoms with Crippen LogP contribution in [-0.4, -0.2) is 5.91 Å². The quantitative estimate of drug-likeness (QED) is 0.815. The first-order chi connectivity index (χ1) is 9.61. The molecule has 0 saturated heterocycles. The van der Waals surface area contributed by atoms with Gasteiger partial charge in [-0.25, -0.2) is 4.39 Å². The molecule has 1 N–H and O–H groups in total. The molecule has 2 nitrogen and oxygen atoms in total. The predicted molar refractivity (Wildman–Crippen MR) is 81.3 cm³/mol. The highest BCUT2D eigenvalue weighted by molar-refractivity contribution is 9.10. The summed E-state index contributed by atoms with van der Waals surface area (Å²) in [6, 6.07) is 12.0. The van der Waals surface area contributed by atoms with Crippen molar-refractivity contribution in [2.75, 3.05) is 0 Å². The van der Waals surface area contributed by atoms with Crippen molar-refractivity contribution in [3.8, 4) is 0 Å². The molecule has 1 amide bonds. The maximum atomic E-state index is 13.3. The van der Waals surface area contributed by atoms with E-state index in [-0.39, 0.29) is 15.9 Å². The molecule has 0 aliphatic rings. The van der Waals surface area contributed by atoms with E-state index in [9.17, 15) is 9.18 Å². The van der Waals surface area contributed by atoms with Crippen molar-refractivity contribution in [2.45, 2.75) is 12.4 Å². The molecular formula is C15H12BrClFNO. The van der Waals surface area contributed by atoms with Gasteiger partial charge in [-0.2, -0.15) is 0 Å². The molecule has 0 radical (unpaired) electrons. The molecular weight excluding hydrogens is 345 g/mol. The van der Waals surface area contributed by atoms with Gasteiger partial charge in [0, 0.05) is 12.4 Å². The lowest BCUT2D eigenvalue weighted by molar-refractivity contribution is 0.0949. The molecule has 0 spiro atoms. The summed E-state index contributed by atoms with van der Waals surface area (Å²) in [4.78, 5) is 12.0. The van der Waals surface area contributed by atoms with Crippen molar-refractivity contribution >= 4 is 33.4 Å². The summed E-state index contributed by atoms with van der Waals surface area (Å²) in [6.07, 6.45) is 0. The second kappa shape index (κ2) is 6.86. The van der Waals surface area contributed by atoms with Gasteiger partial charge >= 0.3 is 0 Å². The van der Waals surface area contributed by atoms with Crippen LogP contribution < -0.4 is 5.32 Å². The third kappa shape index (κ3) is 3.58. The zero-order chi connectivity index (χ0) is 14.5. The van der Waals surface area contributed by atoms with E-state index in [1.54, 1.807) is 6.07 Å². The third-order valence-corrected chi connectivity index (χ3v) is 3.94. The fourth-order valence-corrected chi connectivity index (χ4v) is 2.33. The SMILES string of the molecule is O=C(NCc1ccc(CCl)cc1)c1cccc(F)c1Br. The first kappa shape index (κ1) is 15.0. The Morgan fingerprint density at radius 1 is 1.15 bits per heavy atom. The van der Waals surface area contributed by atoms with Crippen molar-refractivity contribution in [1.29, 1.82) is 0 Å². The zero-order valence-corrected chi connectivity index (χ0v) is 12.8. The fourth-order valence-electron chi connectivity index (χ4n) is 1.70. The number of amides is 1. The predicted octanol–water partition coefficient (Wildman–Crippen LogP) is 4.26. The van der Waals surface area contributed by atoms with E-state index >= 15 is 0 Å². The van der Waals surface area contributed by atoms with Crippen LogP contribution in [0.3, 0.4) is 0 Å². The van der Waals surface area contributed by atoms with Crippen LogP contribution in [0.2, 0.25) is 0 Å². The van der Waals surface area contributed by atoms with Gasteiger partial charge in [-0.3, -0.25) is 4.79 Å². The Morgan fingerprint density at radius 3 is 2.45 bits per heavy atom. The van der Waals surface area contributed by atoms with E-state index in [0.29, 0.717) is 12.4 Å². The minimum Gasteiger partial charge on any atom is -0.348 e. The molecule has 0 unspecified atom stereocenters. The molecule has 104 valence electrons. The number of alkyl halides is 1. The molecule has 20 heavy (non-hydrogen) atoms. The van der Waals surface area contributed by atoms with Crippen LogP contribution >= 0.6 is 27.5 Å². The number of carbonyl (C=O) groups is 1. The lowest BCUT2D eigenvalue weighted by Gasteiger charge is -2.08. The summed E-state index contributed by atoms with van der Waals surface area (Å²) in [7, 11) is 0. The van der Waals surface area contributed by atoms with Crippen LogP contribution in [0.15, 0.2) is 46.9 Å². The third-order valence-electron chi connectivity index (χ3n) is 2.83. The summed E-state index contributed by atoms with van der Waals surface area (Å²) in [6.45, 7) is 0.379. The molecule has 0 fully saturated rings. The van der Waals surface area contributed by atoms with Crippen LogP contribution in [0.1, 0.15) is 21.5 Å². The molecule has 2 rings (SSSR count). The van der Waals surface area contributed by atoms with Crippen LogP contribution in [0, 0.1) is 5.82 Å². The molecule has 0 bridgehead atoms. The zero-order valence-electron chi connectivity index (χ0n) is 10.5. The van der Waals surface area contributed by atoms with Crippen LogP contribution in [0.4, 0.5) is 4.39 Å². The number of hydrogen-bond acceptors (Lipinski definition) is 1. The van der Waals surface area contributed by atoms with Gasteiger partial charge in [-0.15, -0.1) is 11.6 Å². The lowest BCUT2D eigenvalue weighted by atomic mass is 10.1. The number of rotatable bonds is 4. The van der Waals surface area contributed by atoms with Gasteiger partial charge in [0.25, 0.3) is 5.91 Å². The number of nitrogens with one attached hydrogen (secondary N) is 1. The highest BCUT2D eigenvalue weighted by atomic mass is 79.9. The average molecular weight is 357 g/mol. The van der Waals surface area contributed by atoms with E-state index in [1.165, 1.54) is 12.1 Å². The lowest BCUT2D eigenvalue weighted by Crippen LogP contribution is -2.23. The Balaban J connectivity index is 2.02. The normalized spacial score (nSPS) is 10.3. The van der Waals surface area contributed by atoms with E-state index in [0.717, 1.165) is 11.1 Å². The second-order valence-electron chi connectivity index (χ2n) is 4.23. The van der Waals surface area contributed by atoms with Crippen LogP contribution in [0.5, 0.6) is 0 Å². The Morgan fingerprint density at radius 2 is 1.80 bits per heavy atom. The Bertz CT molecular complexity index is 616. The van der Waals surface area contributed by atoms with Crippen LogP contribution in [-0.2, 0) is 12.4 Å². The molecule has 0 atom stereocenters. The van der Waals surface area contributed by atoms with E-state index in [4.69, 9.17) is 11.6 Å². The summed E-state index contributed by atoms with van der Waals surface area (Å²) in [5.74, 6) is -0.315. The topological polar surface area (TPSA) is 29.1 Å². The van der Waals surface area contributed by atoms with Crippen molar-refractivity contribution < 1.29 is 9.18 Å². The maximum absolute atomic E-state index is 13.3. The van der Waals surface area contributed by atoms with Gasteiger partial charge in [0.1, 0.15) is 5.82 Å². The minimum atomic E-state index is -0.455. The van der Waals surface area contributed by atoms with Crippen molar-refractivity contribution in [1.82, 2.24) is 5.32 Å². The first-order valence-corrected chi connectivity index (χ1v) is 7.30. The monoisotopic (exact) mass is 355 g/mol. The Labute approximate surface area is 130 Å². The molecule has 0 aromatic heterocycles. The molecule has 5 heteroatoms. The second-order valence-corrected chi connectivity index (χ2v) is 5.29. The van der Waals surface area contributed by atoms with Gasteiger partial charge < -0.3 is 5.32 Å². The van der Waals surface area contributed by atoms with E-state index < -0.39 is 5.82 Å². The minimum absolute atomic E-state index is 0.176. The first-order valence-electron chi connectivity index (χ1n) is 5.98. The highest BCUT2D eigenvalue weighted by Crippen LogP contribution is 2.20. The standard InChI is InChI=1S/C15H12BrClFNO/c16-14-12(2-1-3-13(14)18)15(20)19-9-11-6-4-10(8-17)5-7-11/h1-7H,8-9H2,(H,19,20). The summed E-state index contributed by atoms with van der Waals surface area (Å²) in [5.41, 5.74) is 2.26. The van der Waals surface area contributed by atoms with Crippen LogP contribution in [0.25, 0.3) is 0 Å². The van der Waals surface area contributed by atoms with Crippen molar-refractivity contribution in [3.05, 3.63) is 69.4 Å². The molecule has 0 aliphatic heterocycles. The Hall–Kier alpha value is -1.39. The number of carbonyl (C=O) groups excluding carboxylic acids is 1. The average Bonchev–Trinajstić information content (AvgIpc) is 2.48. The van der Waals surface area contributed by atoms with Gasteiger partial charge in [0.2, 0.25) is 0 Å². The number of hydrogen-bond donors (Lipinski definition) is 1.